The highest BCUT2D eigenvalue weighted by molar-refractivity contribution is 5.86. The predicted molar refractivity (Wildman–Crippen MR) is 266 cm³/mol. The van der Waals surface area contributed by atoms with Crippen LogP contribution in [-0.2, 0) is 11.3 Å². The van der Waals surface area contributed by atoms with Crippen LogP contribution in [0.1, 0.15) is 56.1 Å². The molecule has 1 amide bonds. The molecule has 0 bridgehead atoms. The van der Waals surface area contributed by atoms with E-state index in [0.717, 1.165) is 115 Å². The molecule has 3 aromatic heterocycles. The van der Waals surface area contributed by atoms with E-state index in [1.165, 1.54) is 25.7 Å². The van der Waals surface area contributed by atoms with Crippen LogP contribution >= 0.6 is 0 Å². The Balaban J connectivity index is 0.877. The van der Waals surface area contributed by atoms with E-state index in [0.29, 0.717) is 40.2 Å². The van der Waals surface area contributed by atoms with E-state index in [-0.39, 0.29) is 6.04 Å². The summed E-state index contributed by atoms with van der Waals surface area (Å²) in [7, 11) is 9.44. The third-order valence-corrected chi connectivity index (χ3v) is 12.6. The van der Waals surface area contributed by atoms with Crippen LogP contribution in [0.4, 0.5) is 44.5 Å². The Hall–Kier alpha value is -7.00. The monoisotopic (exact) mass is 895 g/mol. The number of nitrogens with one attached hydrogen (secondary N) is 4. The van der Waals surface area contributed by atoms with Gasteiger partial charge in [-0.15, -0.1) is 0 Å². The fraction of sp³-hybridized carbons (Fsp3) is 0.353. The lowest BCUT2D eigenvalue weighted by Gasteiger charge is -2.38. The van der Waals surface area contributed by atoms with Crippen molar-refractivity contribution in [1.82, 2.24) is 35.5 Å². The molecular weight excluding hydrogens is 832 g/mol. The molecule has 14 nitrogen and oxygen atoms in total. The maximum atomic E-state index is 13.6. The molecule has 2 aliphatic heterocycles. The van der Waals surface area contributed by atoms with Crippen molar-refractivity contribution in [2.24, 2.45) is 5.92 Å². The Morgan fingerprint density at radius 3 is 2.38 bits per heavy atom. The van der Waals surface area contributed by atoms with E-state index < -0.39 is 5.82 Å². The maximum Gasteiger partial charge on any atom is 0.213 e. The molecule has 2 aromatic carbocycles. The minimum absolute atomic E-state index is 0.123. The number of piperidine rings is 2. The summed E-state index contributed by atoms with van der Waals surface area (Å²) in [5.74, 6) is 2.31. The van der Waals surface area contributed by atoms with E-state index in [9.17, 15) is 9.18 Å². The Morgan fingerprint density at radius 1 is 0.909 bits per heavy atom. The second-order valence-corrected chi connectivity index (χ2v) is 17.2. The van der Waals surface area contributed by atoms with Crippen LogP contribution in [0.3, 0.4) is 0 Å². The first kappa shape index (κ1) is 47.0. The van der Waals surface area contributed by atoms with Gasteiger partial charge in [-0.25, -0.2) is 24.3 Å². The number of carbonyl (C=O) groups excluding carboxylic acids is 1. The summed E-state index contributed by atoms with van der Waals surface area (Å²) >= 11 is 0. The third kappa shape index (κ3) is 11.4. The number of likely N-dealkylation sites (N-methyl/N-ethyl adjacent to an activating group) is 1. The van der Waals surface area contributed by atoms with Gasteiger partial charge in [0, 0.05) is 87.6 Å². The lowest BCUT2D eigenvalue weighted by atomic mass is 9.91. The molecule has 0 radical (unpaired) electrons. The zero-order valence-electron chi connectivity index (χ0n) is 38.9. The van der Waals surface area contributed by atoms with Crippen LogP contribution in [0, 0.1) is 11.7 Å². The normalized spacial score (nSPS) is 15.3. The second kappa shape index (κ2) is 21.8. The van der Waals surface area contributed by atoms with Crippen molar-refractivity contribution >= 4 is 52.2 Å². The predicted octanol–water partition coefficient (Wildman–Crippen LogP) is 9.09. The summed E-state index contributed by atoms with van der Waals surface area (Å²) < 4.78 is 19.4. The number of halogens is 1. The number of aromatic nitrogens is 4. The van der Waals surface area contributed by atoms with Crippen molar-refractivity contribution in [2.75, 3.05) is 80.3 Å². The number of anilines is 7. The minimum atomic E-state index is -0.515. The smallest absolute Gasteiger partial charge is 0.213 e. The van der Waals surface area contributed by atoms with Gasteiger partial charge in [-0.2, -0.15) is 0 Å². The Morgan fingerprint density at radius 2 is 1.68 bits per heavy atom. The zero-order valence-corrected chi connectivity index (χ0v) is 38.9. The SMILES string of the molecule is C=C1CCC(N(C)c2ccc(N3CCC(CCCCN(C)Cc4ccc(Nc5cc(Nc6cccc(-c7ncc(F)cn7)c6OC)c(C(=C)NC)cn5)nc4)CC3)cc2N(C)C=O)C(=C)N1. The number of benzene rings is 2. The number of pyridine rings is 2. The van der Waals surface area contributed by atoms with Crippen molar-refractivity contribution < 1.29 is 13.9 Å². The van der Waals surface area contributed by atoms with E-state index in [1.54, 1.807) is 25.3 Å². The molecule has 66 heavy (non-hydrogen) atoms. The van der Waals surface area contributed by atoms with Gasteiger partial charge in [0.05, 0.1) is 53.9 Å². The van der Waals surface area contributed by atoms with Gasteiger partial charge in [0.2, 0.25) is 6.41 Å². The van der Waals surface area contributed by atoms with Crippen LogP contribution in [0.2, 0.25) is 0 Å². The van der Waals surface area contributed by atoms with Gasteiger partial charge in [0.25, 0.3) is 0 Å². The first-order valence-electron chi connectivity index (χ1n) is 22.6. The highest BCUT2D eigenvalue weighted by Gasteiger charge is 2.27. The first-order chi connectivity index (χ1) is 31.9. The topological polar surface area (TPSA) is 139 Å². The molecule has 1 unspecified atom stereocenters. The Bertz CT molecular complexity index is 2490. The van der Waals surface area contributed by atoms with Crippen molar-refractivity contribution in [1.29, 1.82) is 0 Å². The van der Waals surface area contributed by atoms with Gasteiger partial charge in [-0.1, -0.05) is 44.7 Å². The van der Waals surface area contributed by atoms with Crippen LogP contribution in [-0.4, -0.2) is 92.2 Å². The van der Waals surface area contributed by atoms with Crippen LogP contribution in [0.5, 0.6) is 5.75 Å². The summed E-state index contributed by atoms with van der Waals surface area (Å²) in [6.07, 6.45) is 14.5. The summed E-state index contributed by atoms with van der Waals surface area (Å²) in [5, 5.41) is 13.2. The van der Waals surface area contributed by atoms with E-state index in [4.69, 9.17) is 9.72 Å². The fourth-order valence-electron chi connectivity index (χ4n) is 8.84. The van der Waals surface area contributed by atoms with Gasteiger partial charge in [0.15, 0.2) is 17.4 Å². The molecule has 7 rings (SSSR count). The molecule has 0 saturated carbocycles. The maximum absolute atomic E-state index is 13.6. The van der Waals surface area contributed by atoms with Crippen molar-refractivity contribution in [3.05, 3.63) is 127 Å². The number of nitrogens with zero attached hydrogens (tertiary/aromatic N) is 8. The van der Waals surface area contributed by atoms with E-state index >= 15 is 0 Å². The van der Waals surface area contributed by atoms with Gasteiger partial charge in [0.1, 0.15) is 11.6 Å². The zero-order chi connectivity index (χ0) is 46.7. The first-order valence-corrected chi connectivity index (χ1v) is 22.6. The number of hydrogen-bond acceptors (Lipinski definition) is 13. The molecule has 346 valence electrons. The lowest BCUT2D eigenvalue weighted by Crippen LogP contribution is -2.41. The van der Waals surface area contributed by atoms with Crippen LogP contribution in [0.15, 0.2) is 111 Å². The number of carbonyl (C=O) groups is 1. The summed E-state index contributed by atoms with van der Waals surface area (Å²) in [4.78, 5) is 38.4. The minimum Gasteiger partial charge on any atom is -0.494 e. The molecule has 2 saturated heterocycles. The number of hydrogen-bond donors (Lipinski definition) is 4. The number of para-hydroxylation sites is 1. The number of unbranched alkanes of at least 4 members (excludes halogenated alkanes) is 1. The van der Waals surface area contributed by atoms with Gasteiger partial charge in [-0.05, 0) is 93.6 Å². The van der Waals surface area contributed by atoms with Crippen LogP contribution < -0.4 is 40.7 Å². The van der Waals surface area contributed by atoms with Crippen molar-refractivity contribution in [3.63, 3.8) is 0 Å². The summed E-state index contributed by atoms with van der Waals surface area (Å²) in [6, 6.07) is 18.2. The molecular formula is C51H63FN12O2. The average molecular weight is 895 g/mol. The lowest BCUT2D eigenvalue weighted by molar-refractivity contribution is -0.107. The summed E-state index contributed by atoms with van der Waals surface area (Å²) in [6.45, 7) is 16.3. The molecule has 4 N–H and O–H groups in total. The molecule has 5 aromatic rings. The summed E-state index contributed by atoms with van der Waals surface area (Å²) in [5.41, 5.74) is 9.58. The van der Waals surface area contributed by atoms with Gasteiger partial charge < -0.3 is 45.6 Å². The number of amides is 1. The molecule has 5 heterocycles. The van der Waals surface area contributed by atoms with Gasteiger partial charge in [-0.3, -0.25) is 4.79 Å². The van der Waals surface area contributed by atoms with Crippen molar-refractivity contribution in [3.8, 4) is 17.1 Å². The third-order valence-electron chi connectivity index (χ3n) is 12.6. The molecule has 1 atom stereocenters. The molecule has 2 aliphatic rings. The number of allylic oxidation sites excluding steroid dienone is 1. The Kier molecular flexibility index (Phi) is 15.5. The number of methoxy groups -OCH3 is 1. The van der Waals surface area contributed by atoms with E-state index in [1.807, 2.05) is 43.6 Å². The second-order valence-electron chi connectivity index (χ2n) is 17.2. The standard InChI is InChI=1S/C51H63FN12O2/c1-34-15-18-45(36(3)58-34)63(7)46-19-17-40(26-47(46)62(6)33-65)64-24-21-37(22-25-64)12-9-10-23-61(5)32-38-16-20-48(54-28-38)60-49-27-44(42(31-55-49)35(2)53-4)59-43-14-11-13-41(50(43)66-8)51-56-29-39(52)30-57-51/h11,13-14,16-17,19-20,26-31,33,37,45,53,58H,1-3,9-10,12,15,18,21-25,32H2,4-8H3,(H2,54,55,59,60). The van der Waals surface area contributed by atoms with Crippen molar-refractivity contribution in [2.45, 2.75) is 57.5 Å². The average Bonchev–Trinajstić information content (AvgIpc) is 3.33. The van der Waals surface area contributed by atoms with E-state index in [2.05, 4.69) is 109 Å². The highest BCUT2D eigenvalue weighted by Crippen LogP contribution is 2.39. The molecule has 15 heteroatoms. The highest BCUT2D eigenvalue weighted by atomic mass is 19.1. The number of ether oxygens (including phenoxy) is 1. The fourth-order valence-corrected chi connectivity index (χ4v) is 8.84. The molecule has 0 spiro atoms. The molecule has 0 aliphatic carbocycles. The van der Waals surface area contributed by atoms with Gasteiger partial charge >= 0.3 is 0 Å². The number of rotatable bonds is 20. The Labute approximate surface area is 388 Å². The largest absolute Gasteiger partial charge is 0.494 e. The molecule has 2 fully saturated rings. The van der Waals surface area contributed by atoms with Crippen LogP contribution in [0.25, 0.3) is 17.1 Å². The quantitative estimate of drug-likeness (QED) is 0.0437.